The van der Waals surface area contributed by atoms with E-state index in [1.165, 1.54) is 12.1 Å². The maximum Gasteiger partial charge on any atom is 0.267 e. The smallest absolute Gasteiger partial charge is 0.267 e. The number of hydrogen-bond donors (Lipinski definition) is 1. The van der Waals surface area contributed by atoms with Crippen molar-refractivity contribution in [1.82, 2.24) is 0 Å². The second-order valence-corrected chi connectivity index (χ2v) is 7.40. The number of hydrogen-bond acceptors (Lipinski definition) is 3. The lowest BCUT2D eigenvalue weighted by atomic mass is 10.1. The molecule has 150 valence electrons. The van der Waals surface area contributed by atoms with Crippen LogP contribution in [0.4, 0.5) is 10.1 Å². The molecule has 0 aliphatic rings. The van der Waals surface area contributed by atoms with E-state index in [0.29, 0.717) is 28.8 Å². The number of benzene rings is 3. The van der Waals surface area contributed by atoms with Gasteiger partial charge in [-0.25, -0.2) is 4.39 Å². The fourth-order valence-electron chi connectivity index (χ4n) is 2.51. The molecule has 0 spiro atoms. The Kier molecular flexibility index (Phi) is 6.39. The third-order valence-electron chi connectivity index (χ3n) is 4.16. The number of carbonyl (C=O) groups excluding carboxylic acids is 1. The normalized spacial score (nSPS) is 11.0. The minimum atomic E-state index is -1.08. The summed E-state index contributed by atoms with van der Waals surface area (Å²) in [4.78, 5) is 12.6. The van der Waals surface area contributed by atoms with Crippen LogP contribution in [0, 0.1) is 5.82 Å². The minimum absolute atomic E-state index is 0.281. The summed E-state index contributed by atoms with van der Waals surface area (Å²) in [5, 5.41) is 3.43. The molecular formula is C23H21ClFNO3. The molecule has 3 rings (SSSR count). The summed E-state index contributed by atoms with van der Waals surface area (Å²) in [6.45, 7) is 3.71. The molecule has 0 bridgehead atoms. The van der Waals surface area contributed by atoms with Crippen molar-refractivity contribution in [2.45, 2.75) is 26.1 Å². The summed E-state index contributed by atoms with van der Waals surface area (Å²) in [6, 6.07) is 20.0. The summed E-state index contributed by atoms with van der Waals surface area (Å²) in [5.74, 6) is 0.632. The van der Waals surface area contributed by atoms with Gasteiger partial charge in [0.05, 0.1) is 0 Å². The van der Waals surface area contributed by atoms with E-state index in [9.17, 15) is 9.18 Å². The first-order valence-corrected chi connectivity index (χ1v) is 9.43. The van der Waals surface area contributed by atoms with Crippen molar-refractivity contribution in [2.75, 3.05) is 5.32 Å². The number of rotatable bonds is 7. The molecule has 0 saturated heterocycles. The fourth-order valence-corrected chi connectivity index (χ4v) is 2.63. The standard InChI is InChI=1S/C23H21ClFNO3/c1-23(2,29-21-11-5-17(24)6-12-21)22(27)26-19-9-13-20(14-10-19)28-15-16-3-7-18(25)8-4-16/h3-14H,15H2,1-2H3,(H,26,27). The molecule has 0 radical (unpaired) electrons. The molecule has 0 aromatic heterocycles. The number of anilines is 1. The number of amides is 1. The maximum absolute atomic E-state index is 12.9. The molecule has 0 fully saturated rings. The van der Waals surface area contributed by atoms with Crippen molar-refractivity contribution in [3.8, 4) is 11.5 Å². The van der Waals surface area contributed by atoms with Crippen molar-refractivity contribution in [1.29, 1.82) is 0 Å². The van der Waals surface area contributed by atoms with E-state index in [1.807, 2.05) is 0 Å². The van der Waals surface area contributed by atoms with Crippen LogP contribution in [0.3, 0.4) is 0 Å². The molecule has 0 aliphatic heterocycles. The predicted octanol–water partition coefficient (Wildman–Crippen LogP) is 5.85. The Balaban J connectivity index is 1.55. The van der Waals surface area contributed by atoms with E-state index in [1.54, 1.807) is 74.5 Å². The van der Waals surface area contributed by atoms with Crippen LogP contribution >= 0.6 is 11.6 Å². The highest BCUT2D eigenvalue weighted by atomic mass is 35.5. The van der Waals surface area contributed by atoms with Crippen molar-refractivity contribution < 1.29 is 18.7 Å². The van der Waals surface area contributed by atoms with Crippen LogP contribution in [-0.4, -0.2) is 11.5 Å². The lowest BCUT2D eigenvalue weighted by Crippen LogP contribution is -2.42. The molecule has 3 aromatic carbocycles. The Morgan fingerprint density at radius 1 is 0.931 bits per heavy atom. The Bertz CT molecular complexity index is 955. The summed E-state index contributed by atoms with van der Waals surface area (Å²) < 4.78 is 24.4. The van der Waals surface area contributed by atoms with Gasteiger partial charge in [-0.3, -0.25) is 4.79 Å². The van der Waals surface area contributed by atoms with Crippen LogP contribution in [0.15, 0.2) is 72.8 Å². The number of nitrogens with one attached hydrogen (secondary N) is 1. The van der Waals surface area contributed by atoms with Crippen LogP contribution in [-0.2, 0) is 11.4 Å². The second-order valence-electron chi connectivity index (χ2n) is 6.96. The number of halogens is 2. The third-order valence-corrected chi connectivity index (χ3v) is 4.42. The summed E-state index contributed by atoms with van der Waals surface area (Å²) >= 11 is 5.87. The van der Waals surface area contributed by atoms with Gasteiger partial charge in [-0.1, -0.05) is 23.7 Å². The van der Waals surface area contributed by atoms with E-state index in [4.69, 9.17) is 21.1 Å². The largest absolute Gasteiger partial charge is 0.489 e. The highest BCUT2D eigenvalue weighted by molar-refractivity contribution is 6.30. The fraction of sp³-hybridized carbons (Fsp3) is 0.174. The molecule has 0 saturated carbocycles. The van der Waals surface area contributed by atoms with Crippen LogP contribution < -0.4 is 14.8 Å². The van der Waals surface area contributed by atoms with Gasteiger partial charge < -0.3 is 14.8 Å². The van der Waals surface area contributed by atoms with E-state index in [-0.39, 0.29) is 11.7 Å². The van der Waals surface area contributed by atoms with E-state index in [0.717, 1.165) is 5.56 Å². The molecule has 0 unspecified atom stereocenters. The second kappa shape index (κ2) is 8.97. The Morgan fingerprint density at radius 2 is 1.52 bits per heavy atom. The zero-order valence-corrected chi connectivity index (χ0v) is 16.9. The predicted molar refractivity (Wildman–Crippen MR) is 112 cm³/mol. The number of carbonyl (C=O) groups is 1. The van der Waals surface area contributed by atoms with Gasteiger partial charge in [0, 0.05) is 10.7 Å². The average molecular weight is 414 g/mol. The highest BCUT2D eigenvalue weighted by Gasteiger charge is 2.30. The van der Waals surface area contributed by atoms with Crippen LogP contribution in [0.1, 0.15) is 19.4 Å². The molecular weight excluding hydrogens is 393 g/mol. The monoisotopic (exact) mass is 413 g/mol. The van der Waals surface area contributed by atoms with Gasteiger partial charge in [0.1, 0.15) is 23.9 Å². The van der Waals surface area contributed by atoms with E-state index in [2.05, 4.69) is 5.32 Å². The van der Waals surface area contributed by atoms with Crippen molar-refractivity contribution in [3.63, 3.8) is 0 Å². The van der Waals surface area contributed by atoms with Gasteiger partial charge in [-0.05, 0) is 80.1 Å². The van der Waals surface area contributed by atoms with E-state index < -0.39 is 5.60 Å². The summed E-state index contributed by atoms with van der Waals surface area (Å²) in [7, 11) is 0. The average Bonchev–Trinajstić information content (AvgIpc) is 2.70. The number of ether oxygens (including phenoxy) is 2. The van der Waals surface area contributed by atoms with E-state index >= 15 is 0 Å². The summed E-state index contributed by atoms with van der Waals surface area (Å²) in [5.41, 5.74) is 0.410. The molecule has 0 aliphatic carbocycles. The lowest BCUT2D eigenvalue weighted by molar-refractivity contribution is -0.128. The molecule has 1 N–H and O–H groups in total. The first-order chi connectivity index (χ1) is 13.8. The molecule has 0 atom stereocenters. The quantitative estimate of drug-likeness (QED) is 0.528. The maximum atomic E-state index is 12.9. The molecule has 4 nitrogen and oxygen atoms in total. The van der Waals surface area contributed by atoms with Crippen molar-refractivity contribution >= 4 is 23.2 Å². The van der Waals surface area contributed by atoms with Gasteiger partial charge in [0.25, 0.3) is 5.91 Å². The Morgan fingerprint density at radius 3 is 2.14 bits per heavy atom. The van der Waals surface area contributed by atoms with Gasteiger partial charge in [-0.15, -0.1) is 0 Å². The first-order valence-electron chi connectivity index (χ1n) is 9.05. The third kappa shape index (κ3) is 5.96. The zero-order valence-electron chi connectivity index (χ0n) is 16.1. The first kappa shape index (κ1) is 20.7. The summed E-state index contributed by atoms with van der Waals surface area (Å²) in [6.07, 6.45) is 0. The molecule has 3 aromatic rings. The van der Waals surface area contributed by atoms with Crippen molar-refractivity contribution in [2.24, 2.45) is 0 Å². The van der Waals surface area contributed by atoms with Crippen LogP contribution in [0.5, 0.6) is 11.5 Å². The molecule has 29 heavy (non-hydrogen) atoms. The lowest BCUT2D eigenvalue weighted by Gasteiger charge is -2.25. The van der Waals surface area contributed by atoms with Crippen molar-refractivity contribution in [3.05, 3.63) is 89.2 Å². The minimum Gasteiger partial charge on any atom is -0.489 e. The van der Waals surface area contributed by atoms with Gasteiger partial charge in [-0.2, -0.15) is 0 Å². The molecule has 0 heterocycles. The Labute approximate surface area is 174 Å². The molecule has 1 amide bonds. The molecule has 6 heteroatoms. The topological polar surface area (TPSA) is 47.6 Å². The van der Waals surface area contributed by atoms with Gasteiger partial charge in [0.15, 0.2) is 5.60 Å². The Hall–Kier alpha value is -3.05. The van der Waals surface area contributed by atoms with Crippen LogP contribution in [0.2, 0.25) is 5.02 Å². The van der Waals surface area contributed by atoms with Gasteiger partial charge >= 0.3 is 0 Å². The zero-order chi connectivity index (χ0) is 20.9. The van der Waals surface area contributed by atoms with Gasteiger partial charge in [0.2, 0.25) is 0 Å². The highest BCUT2D eigenvalue weighted by Crippen LogP contribution is 2.23. The SMILES string of the molecule is CC(C)(Oc1ccc(Cl)cc1)C(=O)Nc1ccc(OCc2ccc(F)cc2)cc1. The van der Waals surface area contributed by atoms with Crippen LogP contribution in [0.25, 0.3) is 0 Å².